The largest absolute Gasteiger partial charge is 0.507 e. The number of aldehydes is 1. The first-order valence-corrected chi connectivity index (χ1v) is 4.81. The number of hydrogen-bond donors (Lipinski definition) is 1. The quantitative estimate of drug-likeness (QED) is 0.718. The highest BCUT2D eigenvalue weighted by Crippen LogP contribution is 2.31. The zero-order chi connectivity index (χ0) is 11.0. The second kappa shape index (κ2) is 3.39. The number of carbonyl (C=O) groups is 1. The number of fused-ring (bicyclic) bond motifs is 1. The fourth-order valence-electron chi connectivity index (χ4n) is 1.87. The van der Waals surface area contributed by atoms with E-state index in [0.29, 0.717) is 5.56 Å². The first-order valence-electron chi connectivity index (χ1n) is 4.81. The fraction of sp³-hybridized carbons (Fsp3) is 0.154. The summed E-state index contributed by atoms with van der Waals surface area (Å²) in [6.45, 7) is 3.91. The van der Waals surface area contributed by atoms with Gasteiger partial charge >= 0.3 is 0 Å². The molecule has 0 bridgehead atoms. The molecule has 0 saturated carbocycles. The van der Waals surface area contributed by atoms with Crippen LogP contribution >= 0.6 is 0 Å². The van der Waals surface area contributed by atoms with Gasteiger partial charge < -0.3 is 5.11 Å². The summed E-state index contributed by atoms with van der Waals surface area (Å²) in [5.41, 5.74) is 2.59. The first kappa shape index (κ1) is 9.71. The molecular weight excluding hydrogens is 188 g/mol. The van der Waals surface area contributed by atoms with Crippen molar-refractivity contribution in [3.8, 4) is 5.75 Å². The van der Waals surface area contributed by atoms with Crippen molar-refractivity contribution < 1.29 is 9.90 Å². The van der Waals surface area contributed by atoms with E-state index in [1.165, 1.54) is 6.07 Å². The van der Waals surface area contributed by atoms with E-state index >= 15 is 0 Å². The second-order valence-corrected chi connectivity index (χ2v) is 3.78. The zero-order valence-corrected chi connectivity index (χ0v) is 8.74. The summed E-state index contributed by atoms with van der Waals surface area (Å²) in [5, 5.41) is 11.6. The molecule has 0 aliphatic carbocycles. The highest BCUT2D eigenvalue weighted by molar-refractivity contribution is 5.97. The maximum atomic E-state index is 10.7. The average Bonchev–Trinajstić information content (AvgIpc) is 2.23. The summed E-state index contributed by atoms with van der Waals surface area (Å²) in [4.78, 5) is 10.7. The fourth-order valence-corrected chi connectivity index (χ4v) is 1.87. The van der Waals surface area contributed by atoms with Gasteiger partial charge in [0.15, 0.2) is 0 Å². The Labute approximate surface area is 88.2 Å². The molecule has 2 aromatic carbocycles. The zero-order valence-electron chi connectivity index (χ0n) is 8.74. The number of aryl methyl sites for hydroxylation is 2. The van der Waals surface area contributed by atoms with E-state index in [0.717, 1.165) is 28.2 Å². The molecule has 0 saturated heterocycles. The van der Waals surface area contributed by atoms with Gasteiger partial charge in [0.2, 0.25) is 0 Å². The summed E-state index contributed by atoms with van der Waals surface area (Å²) in [7, 11) is 0. The molecule has 0 radical (unpaired) electrons. The Hall–Kier alpha value is -1.83. The maximum Gasteiger partial charge on any atom is 0.150 e. The Kier molecular flexibility index (Phi) is 2.19. The van der Waals surface area contributed by atoms with Crippen molar-refractivity contribution in [2.24, 2.45) is 0 Å². The predicted molar refractivity (Wildman–Crippen MR) is 60.5 cm³/mol. The number of benzene rings is 2. The molecule has 0 heterocycles. The van der Waals surface area contributed by atoms with Gasteiger partial charge in [-0.2, -0.15) is 0 Å². The lowest BCUT2D eigenvalue weighted by molar-refractivity contribution is 0.112. The predicted octanol–water partition coefficient (Wildman–Crippen LogP) is 2.97. The molecule has 2 rings (SSSR count). The molecule has 0 aliphatic heterocycles. The van der Waals surface area contributed by atoms with Gasteiger partial charge in [0, 0.05) is 10.9 Å². The van der Waals surface area contributed by atoms with Crippen molar-refractivity contribution in [1.82, 2.24) is 0 Å². The molecule has 0 fully saturated rings. The maximum absolute atomic E-state index is 10.7. The summed E-state index contributed by atoms with van der Waals surface area (Å²) in [6.07, 6.45) is 0.751. The van der Waals surface area contributed by atoms with Crippen molar-refractivity contribution in [1.29, 1.82) is 0 Å². The van der Waals surface area contributed by atoms with Crippen molar-refractivity contribution in [3.05, 3.63) is 41.0 Å². The van der Waals surface area contributed by atoms with Crippen LogP contribution in [-0.4, -0.2) is 11.4 Å². The van der Waals surface area contributed by atoms with E-state index in [1.807, 2.05) is 32.0 Å². The van der Waals surface area contributed by atoms with Crippen molar-refractivity contribution in [2.75, 3.05) is 0 Å². The summed E-state index contributed by atoms with van der Waals surface area (Å²) >= 11 is 0. The normalized spacial score (nSPS) is 10.5. The minimum atomic E-state index is 0.177. The van der Waals surface area contributed by atoms with Crippen LogP contribution in [0.15, 0.2) is 24.3 Å². The minimum Gasteiger partial charge on any atom is -0.507 e. The van der Waals surface area contributed by atoms with Gasteiger partial charge in [-0.05, 0) is 42.5 Å². The van der Waals surface area contributed by atoms with E-state index in [4.69, 9.17) is 0 Å². The molecule has 15 heavy (non-hydrogen) atoms. The third kappa shape index (κ3) is 1.48. The number of rotatable bonds is 1. The molecule has 1 N–H and O–H groups in total. The Morgan fingerprint density at radius 2 is 1.80 bits per heavy atom. The molecule has 0 unspecified atom stereocenters. The first-order chi connectivity index (χ1) is 7.13. The third-order valence-electron chi connectivity index (χ3n) is 2.68. The lowest BCUT2D eigenvalue weighted by atomic mass is 9.98. The van der Waals surface area contributed by atoms with Crippen molar-refractivity contribution >= 4 is 17.1 Å². The Morgan fingerprint density at radius 3 is 2.47 bits per heavy atom. The molecule has 2 aromatic rings. The second-order valence-electron chi connectivity index (χ2n) is 3.78. The van der Waals surface area contributed by atoms with Crippen LogP contribution in [0.4, 0.5) is 0 Å². The summed E-state index contributed by atoms with van der Waals surface area (Å²) in [6, 6.07) is 7.27. The van der Waals surface area contributed by atoms with Crippen LogP contribution in [0.1, 0.15) is 21.5 Å². The number of hydrogen-bond acceptors (Lipinski definition) is 2. The molecule has 76 valence electrons. The van der Waals surface area contributed by atoms with Gasteiger partial charge in [0.25, 0.3) is 0 Å². The molecule has 0 atom stereocenters. The molecule has 0 aliphatic rings. The molecule has 0 aromatic heterocycles. The SMILES string of the molecule is Cc1ccc(C)c2c(O)cc(C=O)cc12. The van der Waals surface area contributed by atoms with E-state index in [9.17, 15) is 9.90 Å². The molecule has 2 heteroatoms. The molecular formula is C13H12O2. The van der Waals surface area contributed by atoms with Gasteiger partial charge in [-0.25, -0.2) is 0 Å². The lowest BCUT2D eigenvalue weighted by Gasteiger charge is -2.08. The molecule has 2 nitrogen and oxygen atoms in total. The molecule has 0 amide bonds. The summed E-state index contributed by atoms with van der Waals surface area (Å²) < 4.78 is 0. The van der Waals surface area contributed by atoms with E-state index in [-0.39, 0.29) is 5.75 Å². The van der Waals surface area contributed by atoms with Crippen LogP contribution in [0.5, 0.6) is 5.75 Å². The van der Waals surface area contributed by atoms with Crippen molar-refractivity contribution in [3.63, 3.8) is 0 Å². The third-order valence-corrected chi connectivity index (χ3v) is 2.68. The van der Waals surface area contributed by atoms with Gasteiger partial charge in [-0.15, -0.1) is 0 Å². The number of phenolic OH excluding ortho intramolecular Hbond substituents is 1. The number of aromatic hydroxyl groups is 1. The smallest absolute Gasteiger partial charge is 0.150 e. The number of carbonyl (C=O) groups excluding carboxylic acids is 1. The topological polar surface area (TPSA) is 37.3 Å². The standard InChI is InChI=1S/C13H12O2/c1-8-3-4-9(2)13-11(8)5-10(7-14)6-12(13)15/h3-7,15H,1-2H3. The highest BCUT2D eigenvalue weighted by Gasteiger charge is 2.07. The number of phenols is 1. The monoisotopic (exact) mass is 200 g/mol. The summed E-state index contributed by atoms with van der Waals surface area (Å²) in [5.74, 6) is 0.177. The van der Waals surface area contributed by atoms with Crippen LogP contribution in [0.2, 0.25) is 0 Å². The van der Waals surface area contributed by atoms with E-state index in [1.54, 1.807) is 0 Å². The Balaban J connectivity index is 2.96. The van der Waals surface area contributed by atoms with Crippen molar-refractivity contribution in [2.45, 2.75) is 13.8 Å². The van der Waals surface area contributed by atoms with Gasteiger partial charge in [-0.1, -0.05) is 12.1 Å². The Morgan fingerprint density at radius 1 is 1.13 bits per heavy atom. The van der Waals surface area contributed by atoms with E-state index in [2.05, 4.69) is 0 Å². The average molecular weight is 200 g/mol. The van der Waals surface area contributed by atoms with Crippen LogP contribution in [0.3, 0.4) is 0 Å². The van der Waals surface area contributed by atoms with Crippen LogP contribution in [0.25, 0.3) is 10.8 Å². The van der Waals surface area contributed by atoms with Gasteiger partial charge in [0.1, 0.15) is 12.0 Å². The minimum absolute atomic E-state index is 0.177. The van der Waals surface area contributed by atoms with Gasteiger partial charge in [-0.3, -0.25) is 4.79 Å². The Bertz CT molecular complexity index is 542. The highest BCUT2D eigenvalue weighted by atomic mass is 16.3. The van der Waals surface area contributed by atoms with Gasteiger partial charge in [0.05, 0.1) is 0 Å². The van der Waals surface area contributed by atoms with Crippen LogP contribution in [0, 0.1) is 13.8 Å². The van der Waals surface area contributed by atoms with Crippen LogP contribution < -0.4 is 0 Å². The van der Waals surface area contributed by atoms with Crippen LogP contribution in [-0.2, 0) is 0 Å². The lowest BCUT2D eigenvalue weighted by Crippen LogP contribution is -1.87. The molecule has 0 spiro atoms. The van der Waals surface area contributed by atoms with E-state index < -0.39 is 0 Å².